The van der Waals surface area contributed by atoms with Gasteiger partial charge >= 0.3 is 0 Å². The van der Waals surface area contributed by atoms with Gasteiger partial charge in [0.05, 0.1) is 25.1 Å². The van der Waals surface area contributed by atoms with Crippen LogP contribution in [0.3, 0.4) is 0 Å². The molecule has 2 aliphatic rings. The second-order valence-electron chi connectivity index (χ2n) is 6.47. The quantitative estimate of drug-likeness (QED) is 0.657. The SMILES string of the molecule is COc1ccc(/C=C2\SC(=S)N(C[NH+]3CCC(C)CC3)C2=O)cc1. The van der Waals surface area contributed by atoms with Crippen LogP contribution in [0.15, 0.2) is 29.2 Å². The number of ether oxygens (including phenoxy) is 1. The maximum absolute atomic E-state index is 12.7. The van der Waals surface area contributed by atoms with Gasteiger partial charge in [-0.3, -0.25) is 4.79 Å². The number of nitrogens with one attached hydrogen (secondary N) is 1. The number of carbonyl (C=O) groups is 1. The molecule has 0 bridgehead atoms. The third-order valence-electron chi connectivity index (χ3n) is 4.65. The van der Waals surface area contributed by atoms with Crippen molar-refractivity contribution in [3.8, 4) is 5.75 Å². The van der Waals surface area contributed by atoms with E-state index in [-0.39, 0.29) is 5.91 Å². The van der Waals surface area contributed by atoms with E-state index in [1.54, 1.807) is 12.0 Å². The minimum Gasteiger partial charge on any atom is -0.497 e. The second kappa shape index (κ2) is 7.68. The molecule has 0 aliphatic carbocycles. The molecule has 0 atom stereocenters. The Morgan fingerprint density at radius 3 is 2.62 bits per heavy atom. The van der Waals surface area contributed by atoms with Gasteiger partial charge < -0.3 is 9.64 Å². The topological polar surface area (TPSA) is 34.0 Å². The van der Waals surface area contributed by atoms with E-state index >= 15 is 0 Å². The van der Waals surface area contributed by atoms with Crippen molar-refractivity contribution in [2.75, 3.05) is 26.9 Å². The first kappa shape index (κ1) is 17.5. The lowest BCUT2D eigenvalue weighted by Gasteiger charge is -2.29. The Morgan fingerprint density at radius 2 is 2.00 bits per heavy atom. The summed E-state index contributed by atoms with van der Waals surface area (Å²) in [6.07, 6.45) is 4.37. The molecule has 0 radical (unpaired) electrons. The minimum atomic E-state index is 0.0342. The maximum Gasteiger partial charge on any atom is 0.270 e. The molecule has 0 aromatic heterocycles. The number of thiocarbonyl (C=S) groups is 1. The van der Waals surface area contributed by atoms with Gasteiger partial charge in [0.2, 0.25) is 0 Å². The lowest BCUT2D eigenvalue weighted by molar-refractivity contribution is -0.913. The summed E-state index contributed by atoms with van der Waals surface area (Å²) >= 11 is 6.84. The average Bonchev–Trinajstić information content (AvgIpc) is 2.85. The lowest BCUT2D eigenvalue weighted by Crippen LogP contribution is -3.14. The van der Waals surface area contributed by atoms with Crippen molar-refractivity contribution in [2.45, 2.75) is 19.8 Å². The van der Waals surface area contributed by atoms with Gasteiger partial charge in [-0.05, 0) is 42.5 Å². The second-order valence-corrected chi connectivity index (χ2v) is 8.15. The Hall–Kier alpha value is -1.37. The van der Waals surface area contributed by atoms with Gasteiger partial charge in [0.15, 0.2) is 11.0 Å². The van der Waals surface area contributed by atoms with Gasteiger partial charge in [0.1, 0.15) is 5.75 Å². The number of hydrogen-bond donors (Lipinski definition) is 1. The van der Waals surface area contributed by atoms with Crippen LogP contribution in [0.5, 0.6) is 5.75 Å². The number of likely N-dealkylation sites (tertiary alicyclic amines) is 1. The van der Waals surface area contributed by atoms with Crippen LogP contribution in [-0.2, 0) is 4.79 Å². The van der Waals surface area contributed by atoms with Crippen LogP contribution in [0.1, 0.15) is 25.3 Å². The number of thioether (sulfide) groups is 1. The van der Waals surface area contributed by atoms with E-state index in [1.165, 1.54) is 29.5 Å². The Morgan fingerprint density at radius 1 is 1.33 bits per heavy atom. The fourth-order valence-electron chi connectivity index (χ4n) is 3.04. The van der Waals surface area contributed by atoms with Crippen molar-refractivity contribution in [3.63, 3.8) is 0 Å². The Balaban J connectivity index is 1.67. The summed E-state index contributed by atoms with van der Waals surface area (Å²) in [7, 11) is 1.64. The molecule has 6 heteroatoms. The fourth-order valence-corrected chi connectivity index (χ4v) is 4.30. The van der Waals surface area contributed by atoms with E-state index in [4.69, 9.17) is 17.0 Å². The summed E-state index contributed by atoms with van der Waals surface area (Å²) in [6, 6.07) is 7.68. The predicted molar refractivity (Wildman–Crippen MR) is 102 cm³/mol. The van der Waals surface area contributed by atoms with Crippen LogP contribution in [0.25, 0.3) is 6.08 Å². The summed E-state index contributed by atoms with van der Waals surface area (Å²) in [5.41, 5.74) is 0.982. The first-order valence-electron chi connectivity index (χ1n) is 8.30. The molecule has 1 aromatic rings. The molecule has 0 spiro atoms. The van der Waals surface area contributed by atoms with E-state index in [9.17, 15) is 4.79 Å². The highest BCUT2D eigenvalue weighted by Crippen LogP contribution is 2.32. The molecule has 1 N–H and O–H groups in total. The van der Waals surface area contributed by atoms with Crippen molar-refractivity contribution < 1.29 is 14.4 Å². The first-order chi connectivity index (χ1) is 11.6. The van der Waals surface area contributed by atoms with Gasteiger partial charge in [-0.2, -0.15) is 0 Å². The molecule has 2 fully saturated rings. The minimum absolute atomic E-state index is 0.0342. The van der Waals surface area contributed by atoms with E-state index in [2.05, 4.69) is 6.92 Å². The molecule has 128 valence electrons. The summed E-state index contributed by atoms with van der Waals surface area (Å²) in [6.45, 7) is 5.23. The molecular formula is C18H23N2O2S2+. The molecule has 2 heterocycles. The van der Waals surface area contributed by atoms with Crippen LogP contribution >= 0.6 is 24.0 Å². The number of piperidine rings is 1. The molecule has 3 rings (SSSR count). The van der Waals surface area contributed by atoms with Gasteiger partial charge in [-0.15, -0.1) is 0 Å². The largest absolute Gasteiger partial charge is 0.497 e. The molecule has 1 amide bonds. The Bertz CT molecular complexity index is 649. The highest BCUT2D eigenvalue weighted by molar-refractivity contribution is 8.26. The predicted octanol–water partition coefficient (Wildman–Crippen LogP) is 2.17. The molecule has 1 aromatic carbocycles. The zero-order chi connectivity index (χ0) is 17.1. The maximum atomic E-state index is 12.7. The number of hydrogen-bond acceptors (Lipinski definition) is 4. The third-order valence-corrected chi connectivity index (χ3v) is 6.03. The summed E-state index contributed by atoms with van der Waals surface area (Å²) in [5.74, 6) is 1.64. The van der Waals surface area contributed by atoms with Crippen LogP contribution in [0.4, 0.5) is 0 Å². The lowest BCUT2D eigenvalue weighted by atomic mass is 10.00. The first-order valence-corrected chi connectivity index (χ1v) is 9.52. The smallest absolute Gasteiger partial charge is 0.270 e. The number of nitrogens with zero attached hydrogens (tertiary/aromatic N) is 1. The summed E-state index contributed by atoms with van der Waals surface area (Å²) in [5, 5.41) is 0. The molecule has 2 saturated heterocycles. The van der Waals surface area contributed by atoms with Gasteiger partial charge in [-0.25, -0.2) is 4.90 Å². The monoisotopic (exact) mass is 363 g/mol. The van der Waals surface area contributed by atoms with Gasteiger partial charge in [0, 0.05) is 0 Å². The normalized spacial score (nSPS) is 26.2. The summed E-state index contributed by atoms with van der Waals surface area (Å²) in [4.78, 5) is 16.6. The highest BCUT2D eigenvalue weighted by atomic mass is 32.2. The standard InChI is InChI=1S/C18H22N2O2S2/c1-13-7-9-19(10-8-13)12-20-17(21)16(24-18(20)23)11-14-3-5-15(22-2)6-4-14/h3-6,11,13H,7-10,12H2,1-2H3/p+1/b16-11-. The molecular weight excluding hydrogens is 340 g/mol. The van der Waals surface area contributed by atoms with E-state index < -0.39 is 0 Å². The number of amides is 1. The number of rotatable bonds is 4. The van der Waals surface area contributed by atoms with Crippen LogP contribution in [0.2, 0.25) is 0 Å². The van der Waals surface area contributed by atoms with Crippen molar-refractivity contribution >= 4 is 40.3 Å². The number of carbonyl (C=O) groups excluding carboxylic acids is 1. The van der Waals surface area contributed by atoms with E-state index in [0.29, 0.717) is 15.9 Å². The molecule has 24 heavy (non-hydrogen) atoms. The van der Waals surface area contributed by atoms with Crippen molar-refractivity contribution in [3.05, 3.63) is 34.7 Å². The molecule has 0 saturated carbocycles. The Labute approximate surface area is 152 Å². The van der Waals surface area contributed by atoms with Crippen molar-refractivity contribution in [2.24, 2.45) is 5.92 Å². The molecule has 4 nitrogen and oxygen atoms in total. The fraction of sp³-hybridized carbons (Fsp3) is 0.444. The number of methoxy groups -OCH3 is 1. The van der Waals surface area contributed by atoms with Crippen molar-refractivity contribution in [1.29, 1.82) is 0 Å². The van der Waals surface area contributed by atoms with Crippen molar-refractivity contribution in [1.82, 2.24) is 4.90 Å². The molecule has 2 aliphatic heterocycles. The van der Waals surface area contributed by atoms with Crippen LogP contribution in [0, 0.1) is 5.92 Å². The zero-order valence-corrected chi connectivity index (χ0v) is 15.7. The average molecular weight is 364 g/mol. The van der Waals surface area contributed by atoms with E-state index in [1.807, 2.05) is 30.3 Å². The summed E-state index contributed by atoms with van der Waals surface area (Å²) < 4.78 is 5.83. The van der Waals surface area contributed by atoms with Crippen LogP contribution in [-0.4, -0.2) is 42.0 Å². The zero-order valence-electron chi connectivity index (χ0n) is 14.1. The number of quaternary nitrogens is 1. The third kappa shape index (κ3) is 3.99. The van der Waals surface area contributed by atoms with Crippen LogP contribution < -0.4 is 9.64 Å². The molecule has 0 unspecified atom stereocenters. The highest BCUT2D eigenvalue weighted by Gasteiger charge is 2.35. The van der Waals surface area contributed by atoms with Gasteiger partial charge in [-0.1, -0.05) is 43.0 Å². The van der Waals surface area contributed by atoms with Gasteiger partial charge in [0.25, 0.3) is 5.91 Å². The number of benzene rings is 1. The van der Waals surface area contributed by atoms with E-state index in [0.717, 1.165) is 30.3 Å². The Kier molecular flexibility index (Phi) is 5.58.